The number of carbonyl (C=O) groups excluding carboxylic acids is 1. The number of aryl methyl sites for hydroxylation is 2. The van der Waals surface area contributed by atoms with Crippen LogP contribution in [0.3, 0.4) is 0 Å². The summed E-state index contributed by atoms with van der Waals surface area (Å²) in [4.78, 5) is 32.6. The highest BCUT2D eigenvalue weighted by atomic mass is 35.5. The van der Waals surface area contributed by atoms with Crippen molar-refractivity contribution in [1.82, 2.24) is 14.5 Å². The van der Waals surface area contributed by atoms with Crippen LogP contribution in [-0.4, -0.2) is 45.9 Å². The second kappa shape index (κ2) is 10.3. The zero-order valence-electron chi connectivity index (χ0n) is 19.1. The third-order valence-corrected chi connectivity index (χ3v) is 7.14. The van der Waals surface area contributed by atoms with E-state index in [9.17, 15) is 9.59 Å². The summed E-state index contributed by atoms with van der Waals surface area (Å²) in [5.74, 6) is 0.162. The maximum atomic E-state index is 13.2. The molecule has 3 aromatic rings. The van der Waals surface area contributed by atoms with Gasteiger partial charge in [0.1, 0.15) is 0 Å². The normalized spacial score (nSPS) is 15.8. The lowest BCUT2D eigenvalue weighted by molar-refractivity contribution is -0.127. The molecule has 174 valence electrons. The van der Waals surface area contributed by atoms with Crippen molar-refractivity contribution in [2.45, 2.75) is 51.0 Å². The van der Waals surface area contributed by atoms with Crippen LogP contribution >= 0.6 is 23.4 Å². The van der Waals surface area contributed by atoms with Crippen LogP contribution in [0.15, 0.2) is 46.3 Å². The van der Waals surface area contributed by atoms with Crippen molar-refractivity contribution in [3.8, 4) is 0 Å². The van der Waals surface area contributed by atoms with E-state index in [0.29, 0.717) is 40.8 Å². The fourth-order valence-corrected chi connectivity index (χ4v) is 5.16. The topological polar surface area (TPSA) is 64.4 Å². The number of thioether (sulfide) groups is 1. The van der Waals surface area contributed by atoms with E-state index in [0.717, 1.165) is 18.4 Å². The van der Waals surface area contributed by atoms with E-state index in [2.05, 4.69) is 32.0 Å². The Morgan fingerprint density at radius 1 is 1.27 bits per heavy atom. The number of ether oxygens (including phenoxy) is 1. The zero-order valence-corrected chi connectivity index (χ0v) is 20.7. The molecule has 0 N–H and O–H groups in total. The standard InChI is InChI=1S/C25H28ClN3O3S/c1-16-6-7-18(17(2)11-16)13-28(3)23(30)15-33-25-27-22-12-19(26)8-9-21(22)24(31)29(25)14-20-5-4-10-32-20/h6-9,11-12,20H,4-5,10,13-15H2,1-3H3. The summed E-state index contributed by atoms with van der Waals surface area (Å²) in [5, 5.41) is 1.55. The van der Waals surface area contributed by atoms with E-state index in [1.54, 1.807) is 34.7 Å². The Labute approximate surface area is 202 Å². The summed E-state index contributed by atoms with van der Waals surface area (Å²) in [5.41, 5.74) is 3.89. The lowest BCUT2D eigenvalue weighted by Crippen LogP contribution is -2.30. The van der Waals surface area contributed by atoms with Crippen molar-refractivity contribution in [3.63, 3.8) is 0 Å². The molecule has 1 aromatic heterocycles. The molecule has 6 nitrogen and oxygen atoms in total. The molecule has 33 heavy (non-hydrogen) atoms. The Hall–Kier alpha value is -2.35. The highest BCUT2D eigenvalue weighted by Crippen LogP contribution is 2.23. The minimum absolute atomic E-state index is 0.0171. The number of fused-ring (bicyclic) bond motifs is 1. The number of carbonyl (C=O) groups is 1. The van der Waals surface area contributed by atoms with Gasteiger partial charge in [0, 0.05) is 25.2 Å². The number of amides is 1. The lowest BCUT2D eigenvalue weighted by Gasteiger charge is -2.20. The van der Waals surface area contributed by atoms with Gasteiger partial charge in [-0.05, 0) is 56.0 Å². The molecule has 2 aromatic carbocycles. The number of aromatic nitrogens is 2. The average Bonchev–Trinajstić information content (AvgIpc) is 3.29. The minimum atomic E-state index is -0.134. The van der Waals surface area contributed by atoms with Gasteiger partial charge in [-0.2, -0.15) is 0 Å². The number of rotatable bonds is 7. The van der Waals surface area contributed by atoms with E-state index in [4.69, 9.17) is 21.3 Å². The minimum Gasteiger partial charge on any atom is -0.376 e. The highest BCUT2D eigenvalue weighted by Gasteiger charge is 2.21. The number of hydrogen-bond donors (Lipinski definition) is 0. The molecule has 1 amide bonds. The molecule has 0 spiro atoms. The van der Waals surface area contributed by atoms with Gasteiger partial charge in [0.15, 0.2) is 5.16 Å². The molecule has 2 heterocycles. The first kappa shape index (κ1) is 23.8. The Kier molecular flexibility index (Phi) is 7.41. The summed E-state index contributed by atoms with van der Waals surface area (Å²) >= 11 is 7.41. The molecular formula is C25H28ClN3O3S. The third-order valence-electron chi connectivity index (χ3n) is 5.95. The number of hydrogen-bond acceptors (Lipinski definition) is 5. The van der Waals surface area contributed by atoms with Crippen molar-refractivity contribution in [1.29, 1.82) is 0 Å². The van der Waals surface area contributed by atoms with E-state index in [1.165, 1.54) is 22.9 Å². The molecule has 1 atom stereocenters. The molecule has 1 aliphatic heterocycles. The smallest absolute Gasteiger partial charge is 0.262 e. The highest BCUT2D eigenvalue weighted by molar-refractivity contribution is 7.99. The monoisotopic (exact) mass is 485 g/mol. The molecule has 8 heteroatoms. The van der Waals surface area contributed by atoms with E-state index >= 15 is 0 Å². The number of benzene rings is 2. The molecule has 4 rings (SSSR count). The molecule has 0 aliphatic carbocycles. The number of halogens is 1. The Morgan fingerprint density at radius 2 is 2.09 bits per heavy atom. The summed E-state index contributed by atoms with van der Waals surface area (Å²) in [7, 11) is 1.80. The van der Waals surface area contributed by atoms with Crippen LogP contribution in [0.2, 0.25) is 5.02 Å². The van der Waals surface area contributed by atoms with E-state index in [-0.39, 0.29) is 23.3 Å². The van der Waals surface area contributed by atoms with Crippen molar-refractivity contribution in [2.24, 2.45) is 0 Å². The SMILES string of the molecule is Cc1ccc(CN(C)C(=O)CSc2nc3cc(Cl)ccc3c(=O)n2CC2CCCO2)c(C)c1. The molecule has 1 unspecified atom stereocenters. The third kappa shape index (κ3) is 5.60. The molecule has 1 aliphatic rings. The van der Waals surface area contributed by atoms with Crippen molar-refractivity contribution >= 4 is 40.2 Å². The molecule has 0 radical (unpaired) electrons. The van der Waals surface area contributed by atoms with Crippen LogP contribution < -0.4 is 5.56 Å². The van der Waals surface area contributed by atoms with Gasteiger partial charge in [-0.15, -0.1) is 0 Å². The Morgan fingerprint density at radius 3 is 2.82 bits per heavy atom. The molecule has 0 bridgehead atoms. The van der Waals surface area contributed by atoms with Gasteiger partial charge in [0.25, 0.3) is 5.56 Å². The first-order valence-electron chi connectivity index (χ1n) is 11.1. The van der Waals surface area contributed by atoms with Gasteiger partial charge in [-0.25, -0.2) is 4.98 Å². The molecular weight excluding hydrogens is 458 g/mol. The number of nitrogens with zero attached hydrogens (tertiary/aromatic N) is 3. The largest absolute Gasteiger partial charge is 0.376 e. The maximum absolute atomic E-state index is 13.2. The van der Waals surface area contributed by atoms with Gasteiger partial charge < -0.3 is 9.64 Å². The quantitative estimate of drug-likeness (QED) is 0.361. The van der Waals surface area contributed by atoms with Gasteiger partial charge in [0.2, 0.25) is 5.91 Å². The fraction of sp³-hybridized carbons (Fsp3) is 0.400. The fourth-order valence-electron chi connectivity index (χ4n) is 4.04. The Bertz CT molecular complexity index is 1240. The summed E-state index contributed by atoms with van der Waals surface area (Å²) < 4.78 is 7.40. The predicted molar refractivity (Wildman–Crippen MR) is 133 cm³/mol. The maximum Gasteiger partial charge on any atom is 0.262 e. The molecule has 1 fully saturated rings. The predicted octanol–water partition coefficient (Wildman–Crippen LogP) is 4.60. The van der Waals surface area contributed by atoms with Gasteiger partial charge in [-0.1, -0.05) is 47.1 Å². The van der Waals surface area contributed by atoms with Crippen LogP contribution in [0.1, 0.15) is 29.5 Å². The van der Waals surface area contributed by atoms with E-state index < -0.39 is 0 Å². The first-order chi connectivity index (χ1) is 15.8. The van der Waals surface area contributed by atoms with Crippen molar-refractivity contribution in [3.05, 3.63) is 68.5 Å². The van der Waals surface area contributed by atoms with Crippen LogP contribution in [0, 0.1) is 13.8 Å². The van der Waals surface area contributed by atoms with Gasteiger partial charge >= 0.3 is 0 Å². The summed E-state index contributed by atoms with van der Waals surface area (Å²) in [6.07, 6.45) is 1.88. The van der Waals surface area contributed by atoms with Crippen molar-refractivity contribution < 1.29 is 9.53 Å². The summed E-state index contributed by atoms with van der Waals surface area (Å²) in [6.45, 7) is 5.79. The first-order valence-corrected chi connectivity index (χ1v) is 12.4. The van der Waals surface area contributed by atoms with Crippen molar-refractivity contribution in [2.75, 3.05) is 19.4 Å². The average molecular weight is 486 g/mol. The van der Waals surface area contributed by atoms with E-state index in [1.807, 2.05) is 0 Å². The van der Waals surface area contributed by atoms with Crippen LogP contribution in [-0.2, 0) is 22.6 Å². The van der Waals surface area contributed by atoms with Crippen LogP contribution in [0.25, 0.3) is 10.9 Å². The second-order valence-electron chi connectivity index (χ2n) is 8.58. The van der Waals surface area contributed by atoms with Gasteiger partial charge in [0.05, 0.1) is 29.3 Å². The lowest BCUT2D eigenvalue weighted by atomic mass is 10.1. The summed E-state index contributed by atoms with van der Waals surface area (Å²) in [6, 6.07) is 11.3. The molecule has 0 saturated carbocycles. The van der Waals surface area contributed by atoms with Crippen LogP contribution in [0.4, 0.5) is 0 Å². The second-order valence-corrected chi connectivity index (χ2v) is 9.95. The Balaban J connectivity index is 1.54. The molecule has 1 saturated heterocycles. The van der Waals surface area contributed by atoms with Gasteiger partial charge in [-0.3, -0.25) is 14.2 Å². The van der Waals surface area contributed by atoms with Crippen LogP contribution in [0.5, 0.6) is 0 Å². The zero-order chi connectivity index (χ0) is 23.5.